The molecule has 2 aromatic carbocycles. The van der Waals surface area contributed by atoms with Crippen LogP contribution in [0, 0.1) is 5.92 Å². The molecule has 2 amide bonds. The molecule has 9 nitrogen and oxygen atoms in total. The van der Waals surface area contributed by atoms with Gasteiger partial charge in [0.1, 0.15) is 17.9 Å². The lowest BCUT2D eigenvalue weighted by atomic mass is 10.0. The van der Waals surface area contributed by atoms with Crippen LogP contribution >= 0.6 is 27.3 Å². The number of fused-ring (bicyclic) bond motifs is 1. The van der Waals surface area contributed by atoms with Gasteiger partial charge in [-0.1, -0.05) is 32.0 Å². The molecule has 3 heterocycles. The van der Waals surface area contributed by atoms with Crippen LogP contribution < -0.4 is 20.7 Å². The Morgan fingerprint density at radius 2 is 1.88 bits per heavy atom. The predicted molar refractivity (Wildman–Crippen MR) is 169 cm³/mol. The molecule has 42 heavy (non-hydrogen) atoms. The Kier molecular flexibility index (Phi) is 9.88. The molecule has 5 rings (SSSR count). The Balaban J connectivity index is 1.20. The van der Waals surface area contributed by atoms with Gasteiger partial charge in [0.05, 0.1) is 14.2 Å². The zero-order chi connectivity index (χ0) is 29.9. The number of benzene rings is 2. The minimum atomic E-state index is -3.77. The van der Waals surface area contributed by atoms with Gasteiger partial charge in [0.15, 0.2) is 0 Å². The lowest BCUT2D eigenvalue weighted by Gasteiger charge is -2.24. The van der Waals surface area contributed by atoms with Gasteiger partial charge in [-0.05, 0) is 96.3 Å². The highest BCUT2D eigenvalue weighted by Gasteiger charge is 2.35. The zero-order valence-electron chi connectivity index (χ0n) is 23.8. The van der Waals surface area contributed by atoms with E-state index in [1.54, 1.807) is 18.2 Å². The summed E-state index contributed by atoms with van der Waals surface area (Å²) in [5, 5.41) is 10.2. The first kappa shape index (κ1) is 30.9. The van der Waals surface area contributed by atoms with Crippen LogP contribution in [0.2, 0.25) is 0 Å². The molecule has 0 spiro atoms. The first-order valence-electron chi connectivity index (χ1n) is 14.4. The van der Waals surface area contributed by atoms with Gasteiger partial charge in [0, 0.05) is 23.8 Å². The Bertz CT molecular complexity index is 1500. The lowest BCUT2D eigenvalue weighted by Crippen LogP contribution is -2.50. The molecule has 0 aliphatic carbocycles. The maximum Gasteiger partial charge on any atom is 0.262 e. The molecular formula is C30H37BrN4O5S2. The summed E-state index contributed by atoms with van der Waals surface area (Å²) in [7, 11) is -3.77. The molecule has 3 N–H and O–H groups in total. The van der Waals surface area contributed by atoms with Crippen LogP contribution in [0.25, 0.3) is 10.1 Å². The molecule has 12 heteroatoms. The quantitative estimate of drug-likeness (QED) is 0.291. The third-order valence-electron chi connectivity index (χ3n) is 7.60. The Morgan fingerprint density at radius 3 is 2.60 bits per heavy atom. The molecule has 0 radical (unpaired) electrons. The number of hydrogen-bond acceptors (Lipinski definition) is 7. The van der Waals surface area contributed by atoms with Crippen LogP contribution in [-0.4, -0.2) is 68.9 Å². The summed E-state index contributed by atoms with van der Waals surface area (Å²) in [6.07, 6.45) is 2.86. The van der Waals surface area contributed by atoms with E-state index in [4.69, 9.17) is 4.74 Å². The monoisotopic (exact) mass is 676 g/mol. The highest BCUT2D eigenvalue weighted by Crippen LogP contribution is 2.32. The lowest BCUT2D eigenvalue weighted by molar-refractivity contribution is -0.124. The maximum atomic E-state index is 13.5. The van der Waals surface area contributed by atoms with Crippen molar-refractivity contribution < 1.29 is 22.7 Å². The second-order valence-corrected chi connectivity index (χ2v) is 15.2. The molecule has 2 aliphatic rings. The fourth-order valence-corrected chi connectivity index (χ4v) is 8.49. The third-order valence-corrected chi connectivity index (χ3v) is 11.2. The first-order chi connectivity index (χ1) is 20.1. The average Bonchev–Trinajstić information content (AvgIpc) is 3.62. The number of rotatable bonds is 10. The van der Waals surface area contributed by atoms with Crippen molar-refractivity contribution >= 4 is 59.2 Å². The normalized spacial score (nSPS) is 19.2. The van der Waals surface area contributed by atoms with Crippen LogP contribution in [0.1, 0.15) is 49.2 Å². The Morgan fingerprint density at radius 1 is 1.12 bits per heavy atom. The van der Waals surface area contributed by atoms with Crippen molar-refractivity contribution in [2.75, 3.05) is 26.2 Å². The SMILES string of the molecule is CC(C)C[C@H](NC(=O)c1cc2ccccc2s1)C(=O)N[C@@H]1CCN(S(=O)(=O)c2ccc(OC3CCNCC3)c(Br)c2)C1. The number of thiophene rings is 1. The van der Waals surface area contributed by atoms with Crippen molar-refractivity contribution in [2.24, 2.45) is 5.92 Å². The van der Waals surface area contributed by atoms with Gasteiger partial charge in [-0.3, -0.25) is 9.59 Å². The number of piperidine rings is 1. The minimum absolute atomic E-state index is 0.0993. The molecule has 2 fully saturated rings. The van der Waals surface area contributed by atoms with Crippen LogP contribution in [0.4, 0.5) is 0 Å². The Labute approximate surface area is 259 Å². The number of nitrogens with one attached hydrogen (secondary N) is 3. The standard InChI is InChI=1S/C30H37BrN4O5S2/c1-19(2)15-25(34-30(37)28-16-20-5-3-4-6-27(20)41-28)29(36)33-21-11-14-35(18-21)42(38,39)23-7-8-26(24(31)17-23)40-22-9-12-32-13-10-22/h3-8,16-17,19,21-22,25,32H,9-15,18H2,1-2H3,(H,33,36)(H,34,37)/t21-,25+/m1/s1. The van der Waals surface area contributed by atoms with Crippen molar-refractivity contribution in [3.8, 4) is 5.75 Å². The van der Waals surface area contributed by atoms with Gasteiger partial charge in [-0.25, -0.2) is 8.42 Å². The molecule has 3 aromatic rings. The second kappa shape index (κ2) is 13.4. The van der Waals surface area contributed by atoms with Gasteiger partial charge in [-0.15, -0.1) is 11.3 Å². The molecule has 0 saturated carbocycles. The van der Waals surface area contributed by atoms with Crippen molar-refractivity contribution in [1.29, 1.82) is 0 Å². The molecule has 2 aliphatic heterocycles. The van der Waals surface area contributed by atoms with E-state index in [-0.39, 0.29) is 41.3 Å². The van der Waals surface area contributed by atoms with E-state index in [1.165, 1.54) is 15.6 Å². The number of nitrogens with zero attached hydrogens (tertiary/aromatic N) is 1. The number of halogens is 1. The first-order valence-corrected chi connectivity index (χ1v) is 17.4. The van der Waals surface area contributed by atoms with Gasteiger partial charge >= 0.3 is 0 Å². The fraction of sp³-hybridized carbons (Fsp3) is 0.467. The Hall–Kier alpha value is -2.51. The van der Waals surface area contributed by atoms with E-state index >= 15 is 0 Å². The van der Waals surface area contributed by atoms with Gasteiger partial charge < -0.3 is 20.7 Å². The number of carbonyl (C=O) groups excluding carboxylic acids is 2. The molecule has 1 aromatic heterocycles. The van der Waals surface area contributed by atoms with E-state index in [1.807, 2.05) is 44.2 Å². The van der Waals surface area contributed by atoms with Gasteiger partial charge in [0.2, 0.25) is 15.9 Å². The predicted octanol–water partition coefficient (Wildman–Crippen LogP) is 4.52. The number of sulfonamides is 1. The molecule has 2 atom stereocenters. The summed E-state index contributed by atoms with van der Waals surface area (Å²) in [6.45, 7) is 6.25. The number of ether oxygens (including phenoxy) is 1. The van der Waals surface area contributed by atoms with E-state index in [0.717, 1.165) is 36.0 Å². The molecular weight excluding hydrogens is 640 g/mol. The summed E-state index contributed by atoms with van der Waals surface area (Å²) in [4.78, 5) is 27.1. The third kappa shape index (κ3) is 7.34. The van der Waals surface area contributed by atoms with E-state index in [0.29, 0.717) is 34.5 Å². The van der Waals surface area contributed by atoms with Crippen molar-refractivity contribution in [3.63, 3.8) is 0 Å². The van der Waals surface area contributed by atoms with Crippen LogP contribution in [-0.2, 0) is 14.8 Å². The smallest absolute Gasteiger partial charge is 0.262 e. The van der Waals surface area contributed by atoms with Gasteiger partial charge in [0.25, 0.3) is 5.91 Å². The maximum absolute atomic E-state index is 13.5. The fourth-order valence-electron chi connectivity index (χ4n) is 5.37. The number of amides is 2. The molecule has 226 valence electrons. The van der Waals surface area contributed by atoms with Crippen LogP contribution in [0.15, 0.2) is 57.9 Å². The number of hydrogen-bond donors (Lipinski definition) is 3. The molecule has 0 bridgehead atoms. The largest absolute Gasteiger partial charge is 0.489 e. The molecule has 2 saturated heterocycles. The van der Waals surface area contributed by atoms with Gasteiger partial charge in [-0.2, -0.15) is 4.31 Å². The van der Waals surface area contributed by atoms with Crippen LogP contribution in [0.5, 0.6) is 5.75 Å². The van der Waals surface area contributed by atoms with E-state index in [9.17, 15) is 18.0 Å². The highest BCUT2D eigenvalue weighted by atomic mass is 79.9. The summed E-state index contributed by atoms with van der Waals surface area (Å²) in [5.74, 6) is 0.209. The zero-order valence-corrected chi connectivity index (χ0v) is 27.0. The van der Waals surface area contributed by atoms with Crippen molar-refractivity contribution in [2.45, 2.75) is 62.6 Å². The average molecular weight is 678 g/mol. The summed E-state index contributed by atoms with van der Waals surface area (Å²) < 4.78 is 36.0. The van der Waals surface area contributed by atoms with Crippen molar-refractivity contribution in [1.82, 2.24) is 20.3 Å². The highest BCUT2D eigenvalue weighted by molar-refractivity contribution is 9.10. The summed E-state index contributed by atoms with van der Waals surface area (Å²) in [5.41, 5.74) is 0. The molecule has 0 unspecified atom stereocenters. The second-order valence-electron chi connectivity index (χ2n) is 11.3. The topological polar surface area (TPSA) is 117 Å². The van der Waals surface area contributed by atoms with Crippen molar-refractivity contribution in [3.05, 3.63) is 57.9 Å². The van der Waals surface area contributed by atoms with E-state index < -0.39 is 16.1 Å². The van der Waals surface area contributed by atoms with Crippen LogP contribution in [0.3, 0.4) is 0 Å². The summed E-state index contributed by atoms with van der Waals surface area (Å²) >= 11 is 4.88. The number of carbonyl (C=O) groups is 2. The van der Waals surface area contributed by atoms with E-state index in [2.05, 4.69) is 31.9 Å². The summed E-state index contributed by atoms with van der Waals surface area (Å²) in [6, 6.07) is 13.4. The minimum Gasteiger partial charge on any atom is -0.489 e.